The third kappa shape index (κ3) is 3.11. The Hall–Kier alpha value is -2.63. The van der Waals surface area contributed by atoms with Gasteiger partial charge in [-0.25, -0.2) is 4.98 Å². The van der Waals surface area contributed by atoms with Crippen LogP contribution in [0.3, 0.4) is 0 Å². The van der Waals surface area contributed by atoms with Gasteiger partial charge in [-0.05, 0) is 37.1 Å². The van der Waals surface area contributed by atoms with E-state index in [1.807, 2.05) is 53.4 Å². The second-order valence-corrected chi connectivity index (χ2v) is 7.37. The van der Waals surface area contributed by atoms with Gasteiger partial charge in [0.15, 0.2) is 0 Å². The van der Waals surface area contributed by atoms with Gasteiger partial charge in [-0.3, -0.25) is 4.57 Å². The van der Waals surface area contributed by atoms with Crippen LogP contribution < -0.4 is 4.74 Å². The van der Waals surface area contributed by atoms with Gasteiger partial charge >= 0.3 is 0 Å². The highest BCUT2D eigenvalue weighted by atomic mass is 32.1. The number of hydrogen-bond donors (Lipinski definition) is 1. The van der Waals surface area contributed by atoms with Crippen molar-refractivity contribution in [2.45, 2.75) is 26.6 Å². The van der Waals surface area contributed by atoms with E-state index in [9.17, 15) is 5.11 Å². The van der Waals surface area contributed by atoms with Crippen molar-refractivity contribution in [3.05, 3.63) is 76.9 Å². The maximum absolute atomic E-state index is 10.2. The van der Waals surface area contributed by atoms with Gasteiger partial charge in [0, 0.05) is 6.07 Å². The number of rotatable bonds is 5. The number of nitrogens with zero attached hydrogens (tertiary/aromatic N) is 2. The van der Waals surface area contributed by atoms with Gasteiger partial charge in [-0.2, -0.15) is 0 Å². The standard InChI is InChI=1S/C21H20N2O2S/c1-14-7-3-4-8-16(14)12-25-19-11-20(26-21(19)15(2)24)23-13-22-17-9-5-6-10-18(17)23/h3-11,13,15,24H,12H2,1-2H3. The number of thiophene rings is 1. The fourth-order valence-electron chi connectivity index (χ4n) is 2.96. The van der Waals surface area contributed by atoms with Crippen molar-refractivity contribution < 1.29 is 9.84 Å². The Kier molecular flexibility index (Phi) is 4.49. The number of ether oxygens (including phenoxy) is 1. The van der Waals surface area contributed by atoms with Gasteiger partial charge < -0.3 is 9.84 Å². The van der Waals surface area contributed by atoms with Crippen LogP contribution in [0.1, 0.15) is 29.0 Å². The fraction of sp³-hybridized carbons (Fsp3) is 0.190. The molecule has 1 atom stereocenters. The van der Waals surface area contributed by atoms with Crippen molar-refractivity contribution in [2.75, 3.05) is 0 Å². The molecule has 26 heavy (non-hydrogen) atoms. The van der Waals surface area contributed by atoms with Crippen molar-refractivity contribution in [1.82, 2.24) is 9.55 Å². The van der Waals surface area contributed by atoms with E-state index in [2.05, 4.69) is 24.0 Å². The Balaban J connectivity index is 1.68. The maximum atomic E-state index is 10.2. The zero-order valence-electron chi connectivity index (χ0n) is 14.7. The average molecular weight is 364 g/mol. The Morgan fingerprint density at radius 2 is 1.92 bits per heavy atom. The number of hydrogen-bond acceptors (Lipinski definition) is 4. The molecule has 0 fully saturated rings. The Labute approximate surface area is 156 Å². The van der Waals surface area contributed by atoms with Gasteiger partial charge in [0.1, 0.15) is 23.7 Å². The van der Waals surface area contributed by atoms with Crippen LogP contribution in [-0.4, -0.2) is 14.7 Å². The van der Waals surface area contributed by atoms with Crippen LogP contribution >= 0.6 is 11.3 Å². The molecule has 0 aliphatic rings. The SMILES string of the molecule is Cc1ccccc1COc1cc(-n2cnc3ccccc32)sc1C(C)O. The normalized spacial score (nSPS) is 12.4. The van der Waals surface area contributed by atoms with Crippen LogP contribution in [0.5, 0.6) is 5.75 Å². The highest BCUT2D eigenvalue weighted by Gasteiger charge is 2.17. The molecule has 4 aromatic rings. The zero-order chi connectivity index (χ0) is 18.1. The van der Waals surface area contributed by atoms with E-state index >= 15 is 0 Å². The van der Waals surface area contributed by atoms with E-state index in [-0.39, 0.29) is 0 Å². The van der Waals surface area contributed by atoms with Gasteiger partial charge in [0.2, 0.25) is 0 Å². The third-order valence-corrected chi connectivity index (χ3v) is 5.71. The van der Waals surface area contributed by atoms with Crippen molar-refractivity contribution in [2.24, 2.45) is 0 Å². The minimum atomic E-state index is -0.588. The summed E-state index contributed by atoms with van der Waals surface area (Å²) >= 11 is 1.53. The van der Waals surface area contributed by atoms with Gasteiger partial charge in [0.25, 0.3) is 0 Å². The molecule has 0 radical (unpaired) electrons. The quantitative estimate of drug-likeness (QED) is 0.540. The predicted octanol–water partition coefficient (Wildman–Crippen LogP) is 5.03. The molecule has 5 heteroatoms. The monoisotopic (exact) mass is 364 g/mol. The summed E-state index contributed by atoms with van der Waals surface area (Å²) in [6.07, 6.45) is 1.23. The second-order valence-electron chi connectivity index (χ2n) is 6.31. The molecule has 1 unspecified atom stereocenters. The molecule has 0 spiro atoms. The molecular formula is C21H20N2O2S. The lowest BCUT2D eigenvalue weighted by Crippen LogP contribution is -1.99. The zero-order valence-corrected chi connectivity index (χ0v) is 15.5. The Bertz CT molecular complexity index is 1050. The minimum absolute atomic E-state index is 0.479. The second kappa shape index (κ2) is 6.94. The maximum Gasteiger partial charge on any atom is 0.138 e. The first kappa shape index (κ1) is 16.8. The summed E-state index contributed by atoms with van der Waals surface area (Å²) in [5.41, 5.74) is 4.32. The number of aromatic nitrogens is 2. The number of benzene rings is 2. The molecule has 132 valence electrons. The summed E-state index contributed by atoms with van der Waals surface area (Å²) in [5, 5.41) is 11.2. The molecule has 1 N–H and O–H groups in total. The lowest BCUT2D eigenvalue weighted by Gasteiger charge is -2.10. The number of aryl methyl sites for hydroxylation is 1. The van der Waals surface area contributed by atoms with Gasteiger partial charge in [0.05, 0.1) is 22.0 Å². The van der Waals surface area contributed by atoms with Gasteiger partial charge in [-0.15, -0.1) is 11.3 Å². The minimum Gasteiger partial charge on any atom is -0.488 e. The lowest BCUT2D eigenvalue weighted by molar-refractivity contribution is 0.194. The molecule has 0 aliphatic carbocycles. The van der Waals surface area contributed by atoms with Crippen LogP contribution in [-0.2, 0) is 6.61 Å². The van der Waals surface area contributed by atoms with Crippen LogP contribution in [0, 0.1) is 6.92 Å². The van der Waals surface area contributed by atoms with E-state index in [1.165, 1.54) is 16.9 Å². The molecule has 2 aromatic heterocycles. The number of fused-ring (bicyclic) bond motifs is 1. The first-order chi connectivity index (χ1) is 12.6. The van der Waals surface area contributed by atoms with Crippen LogP contribution in [0.4, 0.5) is 0 Å². The number of para-hydroxylation sites is 2. The number of imidazole rings is 1. The predicted molar refractivity (Wildman–Crippen MR) is 105 cm³/mol. The van der Waals surface area contributed by atoms with Crippen LogP contribution in [0.25, 0.3) is 16.0 Å². The molecular weight excluding hydrogens is 344 g/mol. The largest absolute Gasteiger partial charge is 0.488 e. The van der Waals surface area contributed by atoms with Gasteiger partial charge in [-0.1, -0.05) is 36.4 Å². The van der Waals surface area contributed by atoms with E-state index < -0.39 is 6.10 Å². The Morgan fingerprint density at radius 3 is 2.73 bits per heavy atom. The molecule has 2 heterocycles. The van der Waals surface area contributed by atoms with E-state index in [0.29, 0.717) is 6.61 Å². The van der Waals surface area contributed by atoms with Crippen molar-refractivity contribution in [3.63, 3.8) is 0 Å². The summed E-state index contributed by atoms with van der Waals surface area (Å²) in [7, 11) is 0. The van der Waals surface area contributed by atoms with Crippen LogP contribution in [0.15, 0.2) is 60.9 Å². The van der Waals surface area contributed by atoms with Crippen LogP contribution in [0.2, 0.25) is 0 Å². The fourth-order valence-corrected chi connectivity index (χ4v) is 3.98. The molecule has 0 saturated carbocycles. The topological polar surface area (TPSA) is 47.3 Å². The van der Waals surface area contributed by atoms with Crippen molar-refractivity contribution >= 4 is 22.4 Å². The van der Waals surface area contributed by atoms with E-state index in [4.69, 9.17) is 4.74 Å². The summed E-state index contributed by atoms with van der Waals surface area (Å²) in [4.78, 5) is 5.28. The number of aliphatic hydroxyl groups excluding tert-OH is 1. The average Bonchev–Trinajstić information content (AvgIpc) is 3.25. The molecule has 0 aliphatic heterocycles. The molecule has 2 aromatic carbocycles. The first-order valence-electron chi connectivity index (χ1n) is 8.55. The highest BCUT2D eigenvalue weighted by molar-refractivity contribution is 7.15. The molecule has 4 nitrogen and oxygen atoms in total. The van der Waals surface area contributed by atoms with Crippen molar-refractivity contribution in [3.8, 4) is 10.8 Å². The summed E-state index contributed by atoms with van der Waals surface area (Å²) < 4.78 is 8.11. The molecule has 4 rings (SSSR count). The summed E-state index contributed by atoms with van der Waals surface area (Å²) in [6, 6.07) is 18.2. The lowest BCUT2D eigenvalue weighted by atomic mass is 10.1. The van der Waals surface area contributed by atoms with E-state index in [0.717, 1.165) is 32.2 Å². The Morgan fingerprint density at radius 1 is 1.15 bits per heavy atom. The smallest absolute Gasteiger partial charge is 0.138 e. The molecule has 0 bridgehead atoms. The number of aliphatic hydroxyl groups is 1. The first-order valence-corrected chi connectivity index (χ1v) is 9.36. The highest BCUT2D eigenvalue weighted by Crippen LogP contribution is 2.38. The third-order valence-electron chi connectivity index (χ3n) is 4.43. The van der Waals surface area contributed by atoms with Crippen molar-refractivity contribution in [1.29, 1.82) is 0 Å². The summed E-state index contributed by atoms with van der Waals surface area (Å²) in [6.45, 7) is 4.32. The van der Waals surface area contributed by atoms with E-state index in [1.54, 1.807) is 6.92 Å². The molecule has 0 saturated heterocycles. The molecule has 0 amide bonds. The summed E-state index contributed by atoms with van der Waals surface area (Å²) in [5.74, 6) is 0.723.